The van der Waals surface area contributed by atoms with Gasteiger partial charge in [-0.2, -0.15) is 0 Å². The molecule has 0 bridgehead atoms. The van der Waals surface area contributed by atoms with Crippen molar-refractivity contribution in [2.45, 2.75) is 32.2 Å². The van der Waals surface area contributed by atoms with Crippen molar-refractivity contribution in [3.8, 4) is 0 Å². The normalized spacial score (nSPS) is 12.6. The van der Waals surface area contributed by atoms with Crippen molar-refractivity contribution in [2.75, 3.05) is 0 Å². The van der Waals surface area contributed by atoms with E-state index in [1.54, 1.807) is 11.3 Å². The lowest BCUT2D eigenvalue weighted by molar-refractivity contribution is 0.614. The first kappa shape index (κ1) is 13.8. The van der Waals surface area contributed by atoms with Gasteiger partial charge in [-0.05, 0) is 59.3 Å². The number of hydrogen-bond donors (Lipinski definition) is 1. The molecule has 0 radical (unpaired) electrons. The fourth-order valence-electron chi connectivity index (χ4n) is 2.05. The number of rotatable bonds is 5. The number of halogens is 1. The van der Waals surface area contributed by atoms with Gasteiger partial charge in [0, 0.05) is 20.8 Å². The predicted molar refractivity (Wildman–Crippen MR) is 83.2 cm³/mol. The molecule has 96 valence electrons. The third-order valence-electron chi connectivity index (χ3n) is 3.13. The molecule has 0 saturated carbocycles. The smallest absolute Gasteiger partial charge is 0.0285 e. The Morgan fingerprint density at radius 1 is 1.33 bits per heavy atom. The van der Waals surface area contributed by atoms with Gasteiger partial charge in [-0.1, -0.05) is 24.3 Å². The summed E-state index contributed by atoms with van der Waals surface area (Å²) in [6.07, 6.45) is 3.09. The van der Waals surface area contributed by atoms with E-state index < -0.39 is 0 Å². The van der Waals surface area contributed by atoms with Crippen LogP contribution in [0.2, 0.25) is 0 Å². The van der Waals surface area contributed by atoms with E-state index in [0.717, 1.165) is 23.7 Å². The molecule has 1 atom stereocenters. The van der Waals surface area contributed by atoms with Gasteiger partial charge in [0.05, 0.1) is 0 Å². The summed E-state index contributed by atoms with van der Waals surface area (Å²) >= 11 is 5.25. The van der Waals surface area contributed by atoms with E-state index >= 15 is 0 Å². The van der Waals surface area contributed by atoms with E-state index in [1.165, 1.54) is 16.0 Å². The first-order valence-corrected chi connectivity index (χ1v) is 7.85. The molecule has 2 N–H and O–H groups in total. The minimum atomic E-state index is 0.246. The van der Waals surface area contributed by atoms with Gasteiger partial charge in [0.2, 0.25) is 0 Å². The second-order valence-electron chi connectivity index (χ2n) is 4.66. The Labute approximate surface area is 121 Å². The lowest BCUT2D eigenvalue weighted by Gasteiger charge is -2.11. The van der Waals surface area contributed by atoms with Crippen LogP contribution in [-0.4, -0.2) is 6.04 Å². The molecular weight excluding hydrogens is 306 g/mol. The molecule has 3 heteroatoms. The van der Waals surface area contributed by atoms with Crippen molar-refractivity contribution < 1.29 is 0 Å². The number of aryl methyl sites for hydroxylation is 2. The van der Waals surface area contributed by atoms with E-state index in [4.69, 9.17) is 5.73 Å². The van der Waals surface area contributed by atoms with Gasteiger partial charge in [-0.15, -0.1) is 11.3 Å². The maximum Gasteiger partial charge on any atom is 0.0285 e. The van der Waals surface area contributed by atoms with E-state index in [1.807, 2.05) is 0 Å². The Kier molecular flexibility index (Phi) is 4.98. The molecule has 0 aliphatic heterocycles. The van der Waals surface area contributed by atoms with Gasteiger partial charge in [0.25, 0.3) is 0 Å². The van der Waals surface area contributed by atoms with Crippen molar-refractivity contribution in [2.24, 2.45) is 5.73 Å². The van der Waals surface area contributed by atoms with Crippen molar-refractivity contribution in [1.82, 2.24) is 0 Å². The van der Waals surface area contributed by atoms with Crippen LogP contribution >= 0.6 is 27.3 Å². The monoisotopic (exact) mass is 323 g/mol. The van der Waals surface area contributed by atoms with E-state index in [2.05, 4.69) is 58.6 Å². The van der Waals surface area contributed by atoms with Crippen LogP contribution in [0.25, 0.3) is 0 Å². The summed E-state index contributed by atoms with van der Waals surface area (Å²) in [7, 11) is 0. The second kappa shape index (κ2) is 6.50. The van der Waals surface area contributed by atoms with Gasteiger partial charge in [-0.3, -0.25) is 0 Å². The van der Waals surface area contributed by atoms with Crippen LogP contribution in [0.5, 0.6) is 0 Å². The Hall–Kier alpha value is -0.640. The largest absolute Gasteiger partial charge is 0.327 e. The molecule has 2 aromatic rings. The van der Waals surface area contributed by atoms with Crippen LogP contribution in [0.15, 0.2) is 40.2 Å². The highest BCUT2D eigenvalue weighted by Crippen LogP contribution is 2.21. The third kappa shape index (κ3) is 3.94. The summed E-state index contributed by atoms with van der Waals surface area (Å²) in [6, 6.07) is 11.0. The van der Waals surface area contributed by atoms with Crippen LogP contribution in [0.4, 0.5) is 0 Å². The Bertz CT molecular complexity index is 507. The van der Waals surface area contributed by atoms with Gasteiger partial charge < -0.3 is 5.73 Å². The summed E-state index contributed by atoms with van der Waals surface area (Å²) in [4.78, 5) is 1.36. The summed E-state index contributed by atoms with van der Waals surface area (Å²) in [5, 5.41) is 2.11. The zero-order chi connectivity index (χ0) is 13.0. The minimum absolute atomic E-state index is 0.246. The molecule has 1 heterocycles. The molecule has 0 fully saturated rings. The van der Waals surface area contributed by atoms with E-state index in [-0.39, 0.29) is 6.04 Å². The highest BCUT2D eigenvalue weighted by molar-refractivity contribution is 9.10. The topological polar surface area (TPSA) is 26.0 Å². The fourth-order valence-corrected chi connectivity index (χ4v) is 3.60. The van der Waals surface area contributed by atoms with Crippen LogP contribution in [-0.2, 0) is 12.8 Å². The molecule has 18 heavy (non-hydrogen) atoms. The lowest BCUT2D eigenvalue weighted by Crippen LogP contribution is -2.23. The standard InChI is InChI=1S/C15H18BrNS/c1-11-4-2-3-5-12(11)6-7-14(17)9-15-8-13(16)10-18-15/h2-5,8,10,14H,6-7,9,17H2,1H3. The maximum absolute atomic E-state index is 6.20. The van der Waals surface area contributed by atoms with Gasteiger partial charge >= 0.3 is 0 Å². The number of nitrogens with two attached hydrogens (primary N) is 1. The molecule has 0 aliphatic carbocycles. The molecule has 0 saturated heterocycles. The van der Waals surface area contributed by atoms with Crippen LogP contribution in [0, 0.1) is 6.92 Å². The molecule has 1 nitrogen and oxygen atoms in total. The molecule has 1 aromatic heterocycles. The van der Waals surface area contributed by atoms with Crippen LogP contribution in [0.3, 0.4) is 0 Å². The molecule has 0 aliphatic rings. The first-order valence-electron chi connectivity index (χ1n) is 6.18. The minimum Gasteiger partial charge on any atom is -0.327 e. The predicted octanol–water partition coefficient (Wildman–Crippen LogP) is 4.32. The second-order valence-corrected chi connectivity index (χ2v) is 6.57. The van der Waals surface area contributed by atoms with E-state index in [0.29, 0.717) is 0 Å². The highest BCUT2D eigenvalue weighted by atomic mass is 79.9. The van der Waals surface area contributed by atoms with Crippen LogP contribution < -0.4 is 5.73 Å². The summed E-state index contributed by atoms with van der Waals surface area (Å²) < 4.78 is 1.16. The molecule has 1 unspecified atom stereocenters. The van der Waals surface area contributed by atoms with Gasteiger partial charge in [-0.25, -0.2) is 0 Å². The Morgan fingerprint density at radius 2 is 2.11 bits per heavy atom. The van der Waals surface area contributed by atoms with Crippen molar-refractivity contribution >= 4 is 27.3 Å². The summed E-state index contributed by atoms with van der Waals surface area (Å²) in [5.41, 5.74) is 8.99. The van der Waals surface area contributed by atoms with Crippen molar-refractivity contribution in [3.05, 3.63) is 56.2 Å². The third-order valence-corrected chi connectivity index (χ3v) is 4.85. The Morgan fingerprint density at radius 3 is 2.78 bits per heavy atom. The van der Waals surface area contributed by atoms with Gasteiger partial charge in [0.1, 0.15) is 0 Å². The SMILES string of the molecule is Cc1ccccc1CCC(N)Cc1cc(Br)cs1. The fraction of sp³-hybridized carbons (Fsp3) is 0.333. The molecule has 1 aromatic carbocycles. The quantitative estimate of drug-likeness (QED) is 0.871. The average molecular weight is 324 g/mol. The Balaban J connectivity index is 1.85. The molecule has 2 rings (SSSR count). The number of thiophene rings is 1. The number of benzene rings is 1. The molecular formula is C15H18BrNS. The zero-order valence-corrected chi connectivity index (χ0v) is 12.9. The average Bonchev–Trinajstić information content (AvgIpc) is 2.74. The van der Waals surface area contributed by atoms with Crippen molar-refractivity contribution in [1.29, 1.82) is 0 Å². The molecule has 0 spiro atoms. The lowest BCUT2D eigenvalue weighted by atomic mass is 10.00. The first-order chi connectivity index (χ1) is 8.65. The van der Waals surface area contributed by atoms with E-state index in [9.17, 15) is 0 Å². The van der Waals surface area contributed by atoms with Gasteiger partial charge in [0.15, 0.2) is 0 Å². The highest BCUT2D eigenvalue weighted by Gasteiger charge is 2.07. The summed E-state index contributed by atoms with van der Waals surface area (Å²) in [5.74, 6) is 0. The van der Waals surface area contributed by atoms with Crippen LogP contribution in [0.1, 0.15) is 22.4 Å². The maximum atomic E-state index is 6.20. The van der Waals surface area contributed by atoms with Crippen molar-refractivity contribution in [3.63, 3.8) is 0 Å². The summed E-state index contributed by atoms with van der Waals surface area (Å²) in [6.45, 7) is 2.16. The zero-order valence-electron chi connectivity index (χ0n) is 10.5. The number of hydrogen-bond acceptors (Lipinski definition) is 2. The molecule has 0 amide bonds.